The van der Waals surface area contributed by atoms with E-state index in [1.165, 1.54) is 0 Å². The van der Waals surface area contributed by atoms with Gasteiger partial charge in [-0.3, -0.25) is 0 Å². The molecule has 0 bridgehead atoms. The van der Waals surface area contributed by atoms with Crippen LogP contribution in [0.15, 0.2) is 4.52 Å². The van der Waals surface area contributed by atoms with Crippen molar-refractivity contribution in [2.75, 3.05) is 0 Å². The quantitative estimate of drug-likeness (QED) is 0.523. The first-order chi connectivity index (χ1) is 4.79. The van der Waals surface area contributed by atoms with Crippen LogP contribution in [-0.4, -0.2) is 15.4 Å². The Morgan fingerprint density at radius 2 is 2.20 bits per heavy atom. The molecule has 2 heterocycles. The highest BCUT2D eigenvalue weighted by molar-refractivity contribution is 5.68. The van der Waals surface area contributed by atoms with Gasteiger partial charge in [-0.25, -0.2) is 0 Å². The summed E-state index contributed by atoms with van der Waals surface area (Å²) in [4.78, 5) is 2.87. The summed E-state index contributed by atoms with van der Waals surface area (Å²) >= 11 is 0. The number of aromatic amines is 1. The molecule has 0 aliphatic carbocycles. The maximum Gasteiger partial charge on any atom is 0.213 e. The molecule has 0 aromatic carbocycles. The van der Waals surface area contributed by atoms with Crippen molar-refractivity contribution < 1.29 is 4.52 Å². The molecule has 0 fully saturated rings. The Bertz CT molecular complexity index is 453. The van der Waals surface area contributed by atoms with Gasteiger partial charge in [-0.15, -0.1) is 0 Å². The minimum absolute atomic E-state index is 0.588. The lowest BCUT2D eigenvalue weighted by atomic mass is 10.5. The van der Waals surface area contributed by atoms with E-state index < -0.39 is 0 Å². The van der Waals surface area contributed by atoms with Crippen LogP contribution >= 0.6 is 0 Å². The molecule has 0 unspecified atom stereocenters. The Hall–Kier alpha value is -1.58. The van der Waals surface area contributed by atoms with Crippen LogP contribution in [0.5, 0.6) is 0 Å². The van der Waals surface area contributed by atoms with Crippen LogP contribution in [0.2, 0.25) is 0 Å². The molecule has 10 heavy (non-hydrogen) atoms. The third-order valence-electron chi connectivity index (χ3n) is 1.40. The van der Waals surface area contributed by atoms with Gasteiger partial charge in [-0.05, 0) is 0 Å². The fourth-order valence-electron chi connectivity index (χ4n) is 0.826. The van der Waals surface area contributed by atoms with Crippen LogP contribution in [0.1, 0.15) is 0 Å². The van der Waals surface area contributed by atoms with Crippen LogP contribution in [0.3, 0.4) is 0 Å². The van der Waals surface area contributed by atoms with Crippen LogP contribution in [0.25, 0.3) is 24.4 Å². The normalized spacial score (nSPS) is 10.8. The summed E-state index contributed by atoms with van der Waals surface area (Å²) in [5.41, 5.74) is 1.19. The molecule has 0 amide bonds. The molecule has 0 saturated carbocycles. The minimum atomic E-state index is 0.588. The van der Waals surface area contributed by atoms with Gasteiger partial charge in [0.1, 0.15) is 0 Å². The summed E-state index contributed by atoms with van der Waals surface area (Å²) in [5.74, 6) is 0. The van der Waals surface area contributed by atoms with Crippen molar-refractivity contribution in [3.8, 4) is 0 Å². The molecule has 0 radical (unpaired) electrons. The summed E-state index contributed by atoms with van der Waals surface area (Å²) < 4.78 is 4.77. The molecule has 4 heteroatoms. The monoisotopic (exact) mass is 135 g/mol. The topological polar surface area (TPSA) is 54.7 Å². The number of rotatable bonds is 0. The first kappa shape index (κ1) is 5.22. The zero-order chi connectivity index (χ0) is 7.14. The van der Waals surface area contributed by atoms with Gasteiger partial charge in [-0.2, -0.15) is 0 Å². The highest BCUT2D eigenvalue weighted by Gasteiger charge is 2.01. The van der Waals surface area contributed by atoms with E-state index in [-0.39, 0.29) is 0 Å². The van der Waals surface area contributed by atoms with E-state index in [1.807, 2.05) is 0 Å². The number of hydrogen-bond donors (Lipinski definition) is 1. The average molecular weight is 135 g/mol. The second kappa shape index (κ2) is 1.47. The second-order valence-electron chi connectivity index (χ2n) is 2.03. The fourth-order valence-corrected chi connectivity index (χ4v) is 0.826. The van der Waals surface area contributed by atoms with Crippen molar-refractivity contribution in [1.82, 2.24) is 15.4 Å². The van der Waals surface area contributed by atoms with Crippen LogP contribution in [-0.2, 0) is 0 Å². The Morgan fingerprint density at radius 3 is 2.90 bits per heavy atom. The van der Waals surface area contributed by atoms with Crippen LogP contribution in [0, 0.1) is 0 Å². The Kier molecular flexibility index (Phi) is 0.768. The molecule has 0 aliphatic heterocycles. The lowest BCUT2D eigenvalue weighted by Gasteiger charge is -1.66. The zero-order valence-electron chi connectivity index (χ0n) is 5.22. The second-order valence-corrected chi connectivity index (χ2v) is 2.03. The summed E-state index contributed by atoms with van der Waals surface area (Å²) in [6.45, 7) is 7.40. The molecular formula is C6H5N3O. The van der Waals surface area contributed by atoms with Crippen LogP contribution in [0.4, 0.5) is 0 Å². The van der Waals surface area contributed by atoms with Gasteiger partial charge in [0.25, 0.3) is 0 Å². The molecule has 0 aliphatic rings. The molecule has 50 valence electrons. The van der Waals surface area contributed by atoms with E-state index in [0.29, 0.717) is 11.2 Å². The molecule has 2 aromatic rings. The van der Waals surface area contributed by atoms with Crippen molar-refractivity contribution in [3.63, 3.8) is 0 Å². The van der Waals surface area contributed by atoms with Gasteiger partial charge >= 0.3 is 0 Å². The highest BCUT2D eigenvalue weighted by Crippen LogP contribution is 1.95. The summed E-state index contributed by atoms with van der Waals surface area (Å²) in [6, 6.07) is 0. The van der Waals surface area contributed by atoms with E-state index in [2.05, 4.69) is 28.5 Å². The minimum Gasteiger partial charge on any atom is -0.335 e. The maximum absolute atomic E-state index is 4.77. The third-order valence-corrected chi connectivity index (χ3v) is 1.40. The lowest BCUT2D eigenvalue weighted by Crippen LogP contribution is -2.18. The van der Waals surface area contributed by atoms with E-state index in [9.17, 15) is 0 Å². The van der Waals surface area contributed by atoms with Gasteiger partial charge in [0.15, 0.2) is 0 Å². The smallest absolute Gasteiger partial charge is 0.213 e. The molecule has 0 atom stereocenters. The van der Waals surface area contributed by atoms with E-state index in [0.717, 1.165) is 10.6 Å². The number of fused-ring (bicyclic) bond motifs is 1. The predicted octanol–water partition coefficient (Wildman–Crippen LogP) is -0.629. The number of hydrogen-bond acceptors (Lipinski definition) is 3. The van der Waals surface area contributed by atoms with Crippen molar-refractivity contribution in [3.05, 3.63) is 10.6 Å². The maximum atomic E-state index is 4.77. The standard InChI is InChI=1S/C6H5N3O/c1-3-4(2)7-6-5(3)10-9-8-6/h7H,1-2H2. The summed E-state index contributed by atoms with van der Waals surface area (Å²) in [5, 5.41) is 8.44. The summed E-state index contributed by atoms with van der Waals surface area (Å²) in [7, 11) is 0. The number of H-pyrrole nitrogens is 1. The molecule has 0 saturated heterocycles. The van der Waals surface area contributed by atoms with Gasteiger partial charge in [0.05, 0.1) is 0 Å². The fraction of sp³-hybridized carbons (Fsp3) is 0. The van der Waals surface area contributed by atoms with E-state index in [1.54, 1.807) is 0 Å². The number of aromatic nitrogens is 3. The Morgan fingerprint density at radius 1 is 1.40 bits per heavy atom. The molecule has 1 N–H and O–H groups in total. The number of nitrogens with zero attached hydrogens (tertiary/aromatic N) is 2. The van der Waals surface area contributed by atoms with Crippen molar-refractivity contribution in [2.24, 2.45) is 0 Å². The zero-order valence-corrected chi connectivity index (χ0v) is 5.22. The highest BCUT2D eigenvalue weighted by atomic mass is 16.5. The molecule has 2 rings (SSSR count). The molecular weight excluding hydrogens is 130 g/mol. The third kappa shape index (κ3) is 0.452. The van der Waals surface area contributed by atoms with Crippen molar-refractivity contribution in [1.29, 1.82) is 0 Å². The molecule has 4 nitrogen and oxygen atoms in total. The van der Waals surface area contributed by atoms with Crippen molar-refractivity contribution >= 4 is 24.4 Å². The Labute approximate surface area is 55.8 Å². The predicted molar refractivity (Wildman–Crippen MR) is 36.4 cm³/mol. The van der Waals surface area contributed by atoms with Crippen LogP contribution < -0.4 is 10.6 Å². The SMILES string of the molecule is C=c1[nH]c2nnoc2c1=C. The lowest BCUT2D eigenvalue weighted by molar-refractivity contribution is 0.422. The molecule has 0 spiro atoms. The first-order valence-electron chi connectivity index (χ1n) is 2.77. The van der Waals surface area contributed by atoms with Gasteiger partial charge in [0, 0.05) is 15.8 Å². The summed E-state index contributed by atoms with van der Waals surface area (Å²) in [6.07, 6.45) is 0. The first-order valence-corrected chi connectivity index (χ1v) is 2.77. The molecule has 2 aromatic heterocycles. The largest absolute Gasteiger partial charge is 0.335 e. The van der Waals surface area contributed by atoms with Gasteiger partial charge in [-0.1, -0.05) is 18.3 Å². The van der Waals surface area contributed by atoms with Gasteiger partial charge in [0.2, 0.25) is 11.2 Å². The van der Waals surface area contributed by atoms with E-state index in [4.69, 9.17) is 4.52 Å². The Balaban J connectivity index is 3.24. The van der Waals surface area contributed by atoms with Gasteiger partial charge < -0.3 is 9.51 Å². The number of nitrogens with one attached hydrogen (secondary N) is 1. The average Bonchev–Trinajstić information content (AvgIpc) is 2.41. The van der Waals surface area contributed by atoms with Crippen molar-refractivity contribution in [2.45, 2.75) is 0 Å². The van der Waals surface area contributed by atoms with E-state index >= 15 is 0 Å².